The lowest BCUT2D eigenvalue weighted by molar-refractivity contribution is 0.149. The maximum Gasteiger partial charge on any atom is 0.320 e. The zero-order chi connectivity index (χ0) is 21.3. The lowest BCUT2D eigenvalue weighted by Crippen LogP contribution is -2.41. The van der Waals surface area contributed by atoms with Crippen LogP contribution in [0.3, 0.4) is 0 Å². The van der Waals surface area contributed by atoms with Gasteiger partial charge in [0, 0.05) is 53.2 Å². The molecule has 0 spiro atoms. The smallest absolute Gasteiger partial charge is 0.320 e. The summed E-state index contributed by atoms with van der Waals surface area (Å²) in [5, 5.41) is 4.00. The molecule has 4 rings (SSSR count). The summed E-state index contributed by atoms with van der Waals surface area (Å²) >= 11 is 0. The monoisotopic (exact) mass is 417 g/mol. The van der Waals surface area contributed by atoms with Crippen molar-refractivity contribution in [1.29, 1.82) is 0 Å². The molecule has 0 aliphatic carbocycles. The van der Waals surface area contributed by atoms with E-state index in [0.717, 1.165) is 18.7 Å². The summed E-state index contributed by atoms with van der Waals surface area (Å²) in [5.74, 6) is 1.50. The van der Waals surface area contributed by atoms with Crippen molar-refractivity contribution in [2.45, 2.75) is 19.0 Å². The Balaban J connectivity index is 1.49. The molecule has 9 heteroatoms. The molecule has 2 fully saturated rings. The summed E-state index contributed by atoms with van der Waals surface area (Å²) in [5.41, 5.74) is 0.846. The van der Waals surface area contributed by atoms with Gasteiger partial charge in [0.15, 0.2) is 5.82 Å². The Kier molecular flexibility index (Phi) is 6.01. The molecule has 8 nitrogen and oxygen atoms in total. The van der Waals surface area contributed by atoms with E-state index >= 15 is 0 Å². The molecule has 0 unspecified atom stereocenters. The third-order valence-corrected chi connectivity index (χ3v) is 5.96. The van der Waals surface area contributed by atoms with Crippen molar-refractivity contribution < 1.29 is 18.4 Å². The van der Waals surface area contributed by atoms with Gasteiger partial charge in [-0.15, -0.1) is 0 Å². The van der Waals surface area contributed by atoms with Crippen LogP contribution in [-0.2, 0) is 17.7 Å². The quantitative estimate of drug-likeness (QED) is 0.717. The van der Waals surface area contributed by atoms with Gasteiger partial charge in [-0.05, 0) is 23.6 Å². The number of aromatic nitrogens is 2. The van der Waals surface area contributed by atoms with Gasteiger partial charge < -0.3 is 19.1 Å². The normalized spacial score (nSPS) is 23.7. The summed E-state index contributed by atoms with van der Waals surface area (Å²) in [6.45, 7) is 3.41. The van der Waals surface area contributed by atoms with Crippen LogP contribution in [0, 0.1) is 17.7 Å². The summed E-state index contributed by atoms with van der Waals surface area (Å²) in [6, 6.07) is 6.42. The fraction of sp³-hybridized carbons (Fsp3) is 0.571. The SMILES string of the molecule is COCCc1noc(CN2C[C@@H]3CN(C(=O)N(C)C)[C@@H](c4cccc(F)c4)[C@@H]3C2)n1. The molecule has 162 valence electrons. The fourth-order valence-electron chi connectivity index (χ4n) is 4.68. The minimum atomic E-state index is -0.280. The van der Waals surface area contributed by atoms with Crippen LogP contribution in [0.4, 0.5) is 9.18 Å². The van der Waals surface area contributed by atoms with Gasteiger partial charge in [0.2, 0.25) is 5.89 Å². The molecule has 2 amide bonds. The van der Waals surface area contributed by atoms with Crippen LogP contribution in [-0.4, -0.2) is 78.3 Å². The lowest BCUT2D eigenvalue weighted by atomic mass is 9.89. The number of benzene rings is 1. The van der Waals surface area contributed by atoms with E-state index in [9.17, 15) is 9.18 Å². The van der Waals surface area contributed by atoms with Crippen LogP contribution in [0.1, 0.15) is 23.3 Å². The number of hydrogen-bond acceptors (Lipinski definition) is 6. The highest BCUT2D eigenvalue weighted by Crippen LogP contribution is 2.45. The second-order valence-electron chi connectivity index (χ2n) is 8.29. The van der Waals surface area contributed by atoms with Crippen molar-refractivity contribution in [1.82, 2.24) is 24.8 Å². The molecule has 1 aromatic heterocycles. The Morgan fingerprint density at radius 3 is 2.90 bits per heavy atom. The van der Waals surface area contributed by atoms with Gasteiger partial charge in [0.25, 0.3) is 0 Å². The predicted molar refractivity (Wildman–Crippen MR) is 107 cm³/mol. The highest BCUT2D eigenvalue weighted by atomic mass is 19.1. The van der Waals surface area contributed by atoms with Crippen LogP contribution in [0.15, 0.2) is 28.8 Å². The Morgan fingerprint density at radius 2 is 2.17 bits per heavy atom. The van der Waals surface area contributed by atoms with E-state index in [1.165, 1.54) is 6.07 Å². The number of ether oxygens (including phenoxy) is 1. The van der Waals surface area contributed by atoms with Gasteiger partial charge in [0.1, 0.15) is 5.82 Å². The average Bonchev–Trinajstić information content (AvgIpc) is 3.40. The molecule has 2 aromatic rings. The minimum Gasteiger partial charge on any atom is -0.384 e. The Bertz CT molecular complexity index is 889. The number of halogens is 1. The second kappa shape index (κ2) is 8.69. The molecule has 0 radical (unpaired) electrons. The van der Waals surface area contributed by atoms with Gasteiger partial charge >= 0.3 is 6.03 Å². The summed E-state index contributed by atoms with van der Waals surface area (Å²) in [7, 11) is 5.15. The first-order valence-electron chi connectivity index (χ1n) is 10.2. The second-order valence-corrected chi connectivity index (χ2v) is 8.29. The van der Waals surface area contributed by atoms with Crippen molar-refractivity contribution in [2.24, 2.45) is 11.8 Å². The predicted octanol–water partition coefficient (Wildman–Crippen LogP) is 2.18. The van der Waals surface area contributed by atoms with E-state index in [-0.39, 0.29) is 23.8 Å². The molecule has 1 aromatic carbocycles. The van der Waals surface area contributed by atoms with Crippen molar-refractivity contribution in [2.75, 3.05) is 47.4 Å². The highest BCUT2D eigenvalue weighted by molar-refractivity contribution is 5.75. The van der Waals surface area contributed by atoms with Crippen molar-refractivity contribution in [3.05, 3.63) is 47.4 Å². The number of carbonyl (C=O) groups excluding carboxylic acids is 1. The minimum absolute atomic E-state index is 0.0371. The third-order valence-electron chi connectivity index (χ3n) is 5.96. The topological polar surface area (TPSA) is 74.9 Å². The van der Waals surface area contributed by atoms with Crippen LogP contribution < -0.4 is 0 Å². The maximum atomic E-state index is 13.9. The van der Waals surface area contributed by atoms with E-state index in [2.05, 4.69) is 15.0 Å². The van der Waals surface area contributed by atoms with Crippen molar-refractivity contribution in [3.8, 4) is 0 Å². The molecule has 30 heavy (non-hydrogen) atoms. The zero-order valence-corrected chi connectivity index (χ0v) is 17.6. The van der Waals surface area contributed by atoms with Crippen LogP contribution in [0.25, 0.3) is 0 Å². The van der Waals surface area contributed by atoms with Gasteiger partial charge in [-0.1, -0.05) is 17.3 Å². The summed E-state index contributed by atoms with van der Waals surface area (Å²) < 4.78 is 24.4. The summed E-state index contributed by atoms with van der Waals surface area (Å²) in [4.78, 5) is 23.0. The summed E-state index contributed by atoms with van der Waals surface area (Å²) in [6.07, 6.45) is 0.620. The van der Waals surface area contributed by atoms with E-state index in [4.69, 9.17) is 9.26 Å². The van der Waals surface area contributed by atoms with Crippen LogP contribution in [0.5, 0.6) is 0 Å². The molecule has 0 N–H and O–H groups in total. The fourth-order valence-corrected chi connectivity index (χ4v) is 4.68. The maximum absolute atomic E-state index is 13.9. The Labute approximate surface area is 175 Å². The number of methoxy groups -OCH3 is 1. The molecular weight excluding hydrogens is 389 g/mol. The van der Waals surface area contributed by atoms with Gasteiger partial charge in [-0.3, -0.25) is 4.90 Å². The molecule has 2 saturated heterocycles. The van der Waals surface area contributed by atoms with E-state index in [1.54, 1.807) is 38.2 Å². The standard InChI is InChI=1S/C21H28FN5O3/c1-25(2)21(28)27-11-15-10-26(13-19-23-18(24-30-19)7-8-29-3)12-17(15)20(27)14-5-4-6-16(22)9-14/h4-6,9,15,17,20H,7-8,10-13H2,1-3H3/t15-,17-,20+/m1/s1. The molecule has 0 bridgehead atoms. The van der Waals surface area contributed by atoms with Crippen molar-refractivity contribution >= 4 is 6.03 Å². The number of amides is 2. The Hall–Kier alpha value is -2.52. The average molecular weight is 417 g/mol. The van der Waals surface area contributed by atoms with Crippen LogP contribution >= 0.6 is 0 Å². The number of fused-ring (bicyclic) bond motifs is 1. The number of nitrogens with zero attached hydrogens (tertiary/aromatic N) is 5. The lowest BCUT2D eigenvalue weighted by Gasteiger charge is -2.31. The van der Waals surface area contributed by atoms with E-state index in [0.29, 0.717) is 43.8 Å². The molecule has 2 aliphatic rings. The van der Waals surface area contributed by atoms with Gasteiger partial charge in [-0.25, -0.2) is 9.18 Å². The number of urea groups is 1. The first-order valence-corrected chi connectivity index (χ1v) is 10.2. The number of rotatable bonds is 6. The molecular formula is C21H28FN5O3. The zero-order valence-electron chi connectivity index (χ0n) is 17.6. The Morgan fingerprint density at radius 1 is 1.33 bits per heavy atom. The molecule has 2 aliphatic heterocycles. The van der Waals surface area contributed by atoms with Gasteiger partial charge in [-0.2, -0.15) is 4.98 Å². The largest absolute Gasteiger partial charge is 0.384 e. The highest BCUT2D eigenvalue weighted by Gasteiger charge is 2.49. The molecule has 3 heterocycles. The van der Waals surface area contributed by atoms with Crippen LogP contribution in [0.2, 0.25) is 0 Å². The molecule has 3 atom stereocenters. The first kappa shape index (κ1) is 20.7. The molecule has 0 saturated carbocycles. The number of likely N-dealkylation sites (tertiary alicyclic amines) is 2. The first-order chi connectivity index (χ1) is 14.5. The van der Waals surface area contributed by atoms with E-state index < -0.39 is 0 Å². The third kappa shape index (κ3) is 4.17. The number of carbonyl (C=O) groups is 1. The van der Waals surface area contributed by atoms with Crippen molar-refractivity contribution in [3.63, 3.8) is 0 Å². The van der Waals surface area contributed by atoms with Gasteiger partial charge in [0.05, 0.1) is 19.2 Å². The van der Waals surface area contributed by atoms with E-state index in [1.807, 2.05) is 11.0 Å². The number of hydrogen-bond donors (Lipinski definition) is 0.